The highest BCUT2D eigenvalue weighted by molar-refractivity contribution is 6.00. The molecule has 7 rings (SSSR count). The van der Waals surface area contributed by atoms with Crippen LogP contribution in [0, 0.1) is 0 Å². The number of hydrogen-bond donors (Lipinski definition) is 2. The second-order valence-corrected chi connectivity index (χ2v) is 7.40. The molecule has 2 aliphatic heterocycles. The summed E-state index contributed by atoms with van der Waals surface area (Å²) in [7, 11) is 0. The molecule has 130 valence electrons. The van der Waals surface area contributed by atoms with Crippen molar-refractivity contribution in [1.82, 2.24) is 19.9 Å². The lowest BCUT2D eigenvalue weighted by molar-refractivity contribution is 1.27. The van der Waals surface area contributed by atoms with Crippen LogP contribution >= 0.6 is 0 Å². The summed E-state index contributed by atoms with van der Waals surface area (Å²) < 4.78 is 0. The number of hydrogen-bond acceptors (Lipinski definition) is 2. The molecule has 0 saturated heterocycles. The summed E-state index contributed by atoms with van der Waals surface area (Å²) >= 11 is 0. The monoisotopic (exact) mass is 358 g/mol. The first kappa shape index (κ1) is 14.2. The normalized spacial score (nSPS) is 14.6. The molecule has 0 fully saturated rings. The molecule has 0 unspecified atom stereocenters. The van der Waals surface area contributed by atoms with Crippen LogP contribution in [0.2, 0.25) is 0 Å². The van der Waals surface area contributed by atoms with E-state index in [1.807, 2.05) is 18.2 Å². The van der Waals surface area contributed by atoms with Crippen LogP contribution in [0.4, 0.5) is 0 Å². The second kappa shape index (κ2) is 4.87. The first-order valence-corrected chi connectivity index (χ1v) is 9.35. The Morgan fingerprint density at radius 3 is 1.57 bits per heavy atom. The average Bonchev–Trinajstić information content (AvgIpc) is 3.44. The van der Waals surface area contributed by atoms with E-state index in [1.54, 1.807) is 0 Å². The van der Waals surface area contributed by atoms with Crippen LogP contribution < -0.4 is 0 Å². The highest BCUT2D eigenvalue weighted by Gasteiger charge is 2.15. The molecule has 3 aromatic heterocycles. The van der Waals surface area contributed by atoms with Crippen molar-refractivity contribution in [3.05, 3.63) is 69.3 Å². The third-order valence-corrected chi connectivity index (χ3v) is 5.62. The Hall–Kier alpha value is -3.92. The fourth-order valence-electron chi connectivity index (χ4n) is 4.32. The lowest BCUT2D eigenvalue weighted by Crippen LogP contribution is -1.82. The van der Waals surface area contributed by atoms with Gasteiger partial charge in [0.05, 0.1) is 33.8 Å². The van der Waals surface area contributed by atoms with E-state index in [4.69, 9.17) is 9.97 Å². The van der Waals surface area contributed by atoms with Crippen molar-refractivity contribution in [2.24, 2.45) is 0 Å². The van der Waals surface area contributed by atoms with Crippen molar-refractivity contribution in [2.45, 2.75) is 0 Å². The maximum Gasteiger partial charge on any atom is 0.0731 e. The molecule has 0 amide bonds. The van der Waals surface area contributed by atoms with Gasteiger partial charge in [-0.15, -0.1) is 0 Å². The number of fused-ring (bicyclic) bond motifs is 8. The minimum Gasteiger partial charge on any atom is -0.354 e. The molecule has 28 heavy (non-hydrogen) atoms. The van der Waals surface area contributed by atoms with Gasteiger partial charge in [0.1, 0.15) is 0 Å². The molecule has 4 aliphatic rings. The Labute approximate surface area is 160 Å². The molecule has 0 spiro atoms. The van der Waals surface area contributed by atoms with Gasteiger partial charge in [-0.1, -0.05) is 24.3 Å². The quantitative estimate of drug-likeness (QED) is 0.369. The highest BCUT2D eigenvalue weighted by atomic mass is 14.8. The van der Waals surface area contributed by atoms with E-state index in [-0.39, 0.29) is 0 Å². The SMILES string of the molecule is C1=Cc2nc1cc1nc(c3c4[nH]c(cc4C=C3)cc3cc4c([nH]3)c2C=C4)C=C1. The van der Waals surface area contributed by atoms with Gasteiger partial charge in [-0.3, -0.25) is 0 Å². The van der Waals surface area contributed by atoms with Gasteiger partial charge in [0.25, 0.3) is 0 Å². The number of aromatic amines is 2. The number of H-pyrrole nitrogens is 2. The lowest BCUT2D eigenvalue weighted by Gasteiger charge is -1.93. The summed E-state index contributed by atoms with van der Waals surface area (Å²) in [5.74, 6) is 0. The summed E-state index contributed by atoms with van der Waals surface area (Å²) in [5, 5.41) is 0. The average molecular weight is 358 g/mol. The lowest BCUT2D eigenvalue weighted by atomic mass is 10.2. The Kier molecular flexibility index (Phi) is 2.46. The van der Waals surface area contributed by atoms with Gasteiger partial charge in [0.2, 0.25) is 0 Å². The first-order valence-electron chi connectivity index (χ1n) is 9.35. The topological polar surface area (TPSA) is 57.4 Å². The van der Waals surface area contributed by atoms with Gasteiger partial charge in [0.15, 0.2) is 0 Å². The molecule has 0 radical (unpaired) electrons. The van der Waals surface area contributed by atoms with E-state index >= 15 is 0 Å². The Balaban J connectivity index is 1.66. The van der Waals surface area contributed by atoms with Gasteiger partial charge >= 0.3 is 0 Å². The summed E-state index contributed by atoms with van der Waals surface area (Å²) in [4.78, 5) is 16.7. The van der Waals surface area contributed by atoms with E-state index in [0.717, 1.165) is 56.0 Å². The van der Waals surface area contributed by atoms with Gasteiger partial charge < -0.3 is 9.97 Å². The maximum atomic E-state index is 4.81. The highest BCUT2D eigenvalue weighted by Crippen LogP contribution is 2.32. The molecule has 4 heteroatoms. The number of nitrogens with one attached hydrogen (secondary N) is 2. The maximum absolute atomic E-state index is 4.81. The largest absolute Gasteiger partial charge is 0.354 e. The molecule has 0 aromatic carbocycles. The van der Waals surface area contributed by atoms with Gasteiger partial charge in [0, 0.05) is 33.3 Å². The zero-order valence-electron chi connectivity index (χ0n) is 14.8. The van der Waals surface area contributed by atoms with Crippen molar-refractivity contribution in [2.75, 3.05) is 0 Å². The molecule has 3 aromatic rings. The molecule has 0 atom stereocenters. The molecule has 4 nitrogen and oxygen atoms in total. The second-order valence-electron chi connectivity index (χ2n) is 7.40. The molecular formula is C24H14N4. The van der Waals surface area contributed by atoms with Crippen LogP contribution in [0.1, 0.15) is 45.0 Å². The van der Waals surface area contributed by atoms with E-state index in [9.17, 15) is 0 Å². The summed E-state index contributed by atoms with van der Waals surface area (Å²) in [5.41, 5.74) is 12.9. The van der Waals surface area contributed by atoms with Gasteiger partial charge in [-0.2, -0.15) is 0 Å². The third kappa shape index (κ3) is 1.89. The predicted molar refractivity (Wildman–Crippen MR) is 117 cm³/mol. The van der Waals surface area contributed by atoms with E-state index in [2.05, 4.69) is 64.6 Å². The summed E-state index contributed by atoms with van der Waals surface area (Å²) in [6.45, 7) is 0. The zero-order valence-corrected chi connectivity index (χ0v) is 14.8. The van der Waals surface area contributed by atoms with Crippen LogP contribution in [-0.4, -0.2) is 19.9 Å². The molecule has 8 bridgehead atoms. The molecule has 2 N–H and O–H groups in total. The van der Waals surface area contributed by atoms with Crippen molar-refractivity contribution in [3.8, 4) is 0 Å². The van der Waals surface area contributed by atoms with Crippen molar-refractivity contribution < 1.29 is 0 Å². The van der Waals surface area contributed by atoms with E-state index in [0.29, 0.717) is 0 Å². The Bertz CT molecular complexity index is 1390. The van der Waals surface area contributed by atoms with Crippen molar-refractivity contribution >= 4 is 70.7 Å². The minimum absolute atomic E-state index is 0.925. The van der Waals surface area contributed by atoms with Crippen molar-refractivity contribution in [3.63, 3.8) is 0 Å². The molecule has 5 heterocycles. The first-order chi connectivity index (χ1) is 13.8. The molecular weight excluding hydrogens is 344 g/mol. The summed E-state index contributed by atoms with van der Waals surface area (Å²) in [6.07, 6.45) is 16.8. The number of aromatic nitrogens is 4. The van der Waals surface area contributed by atoms with Crippen LogP contribution in [0.5, 0.6) is 0 Å². The van der Waals surface area contributed by atoms with Crippen LogP contribution in [-0.2, 0) is 0 Å². The minimum atomic E-state index is 0.925. The van der Waals surface area contributed by atoms with Crippen molar-refractivity contribution in [1.29, 1.82) is 0 Å². The Morgan fingerprint density at radius 2 is 1.04 bits per heavy atom. The van der Waals surface area contributed by atoms with Crippen LogP contribution in [0.3, 0.4) is 0 Å². The predicted octanol–water partition coefficient (Wildman–Crippen LogP) is 5.62. The number of rotatable bonds is 0. The van der Waals surface area contributed by atoms with Crippen LogP contribution in [0.15, 0.2) is 24.3 Å². The third-order valence-electron chi connectivity index (χ3n) is 5.62. The fraction of sp³-hybridized carbons (Fsp3) is 0. The molecule has 2 aliphatic carbocycles. The van der Waals surface area contributed by atoms with E-state index < -0.39 is 0 Å². The van der Waals surface area contributed by atoms with Gasteiger partial charge in [-0.05, 0) is 48.6 Å². The summed E-state index contributed by atoms with van der Waals surface area (Å²) in [6, 6.07) is 8.56. The fourth-order valence-corrected chi connectivity index (χ4v) is 4.32. The van der Waals surface area contributed by atoms with E-state index in [1.165, 1.54) is 11.1 Å². The zero-order chi connectivity index (χ0) is 18.2. The van der Waals surface area contributed by atoms with Crippen LogP contribution in [0.25, 0.3) is 70.7 Å². The smallest absolute Gasteiger partial charge is 0.0731 e. The Morgan fingerprint density at radius 1 is 0.500 bits per heavy atom. The molecule has 0 saturated carbocycles. The van der Waals surface area contributed by atoms with Gasteiger partial charge in [-0.25, -0.2) is 9.97 Å². The number of nitrogens with zero attached hydrogens (tertiary/aromatic N) is 2. The standard InChI is InChI=1S/C24H14N4/c1-5-19-21-7-3-15(25-21)11-16-4-8-22(26-16)20-6-2-14-10-18(28-24(14)20)12-17-9-13(1)23(19)27-17/h1-12,27-28H.